The molecule has 268 valence electrons. The van der Waals surface area contributed by atoms with E-state index in [1.165, 1.54) is 11.8 Å². The number of ether oxygens (including phenoxy) is 2. The van der Waals surface area contributed by atoms with Gasteiger partial charge in [-0.1, -0.05) is 35.9 Å². The molecule has 1 atom stereocenters. The third-order valence-electron chi connectivity index (χ3n) is 8.02. The second-order valence-electron chi connectivity index (χ2n) is 13.3. The number of fused-ring (bicyclic) bond motifs is 1. The molecule has 3 heterocycles. The van der Waals surface area contributed by atoms with E-state index >= 15 is 0 Å². The molecule has 1 fully saturated rings. The Morgan fingerprint density at radius 3 is 2.47 bits per heavy atom. The van der Waals surface area contributed by atoms with E-state index in [0.717, 1.165) is 15.4 Å². The highest BCUT2D eigenvalue weighted by atomic mass is 35.5. The molecule has 0 aliphatic carbocycles. The summed E-state index contributed by atoms with van der Waals surface area (Å²) in [6.07, 6.45) is -1.52. The third-order valence-corrected chi connectivity index (χ3v) is 9.43. The number of anilines is 1. The van der Waals surface area contributed by atoms with Crippen molar-refractivity contribution < 1.29 is 37.1 Å². The van der Waals surface area contributed by atoms with Crippen molar-refractivity contribution in [2.45, 2.75) is 69.2 Å². The van der Waals surface area contributed by atoms with Crippen LogP contribution in [0, 0.1) is 0 Å². The van der Waals surface area contributed by atoms with Gasteiger partial charge in [0, 0.05) is 39.8 Å². The number of nitrogens with one attached hydrogen (secondary N) is 1. The van der Waals surface area contributed by atoms with Gasteiger partial charge in [0.2, 0.25) is 11.8 Å². The lowest BCUT2D eigenvalue weighted by molar-refractivity contribution is -0.120. The minimum atomic E-state index is -2.92. The summed E-state index contributed by atoms with van der Waals surface area (Å²) in [6, 6.07) is 18.7. The summed E-state index contributed by atoms with van der Waals surface area (Å²) in [6.45, 7) is 4.89. The van der Waals surface area contributed by atoms with Gasteiger partial charge in [0.15, 0.2) is 0 Å². The zero-order chi connectivity index (χ0) is 36.3. The SMILES string of the molecule is CC(C)(C)OC(=O)N[C@H]1CSc2ccc(-c3nnc(-c4cccc(COC(=O)N5CCCC(F)(F)C5)c4)o3)cc2N(Cc2ccc(Cl)cc2)C1=O. The first-order valence-corrected chi connectivity index (χ1v) is 17.6. The first-order chi connectivity index (χ1) is 24.2. The molecule has 4 aromatic rings. The Labute approximate surface area is 302 Å². The maximum atomic E-state index is 14.1. The van der Waals surface area contributed by atoms with Crippen molar-refractivity contribution in [1.82, 2.24) is 20.4 Å². The Morgan fingerprint density at radius 1 is 1.04 bits per heavy atom. The molecule has 0 radical (unpaired) electrons. The van der Waals surface area contributed by atoms with E-state index < -0.39 is 36.3 Å². The Kier molecular flexibility index (Phi) is 10.5. The number of halogens is 3. The highest BCUT2D eigenvalue weighted by Gasteiger charge is 2.38. The van der Waals surface area contributed by atoms with Crippen LogP contribution in [0.1, 0.15) is 44.7 Å². The van der Waals surface area contributed by atoms with Gasteiger partial charge in [0.05, 0.1) is 18.8 Å². The molecule has 2 aliphatic rings. The van der Waals surface area contributed by atoms with Crippen molar-refractivity contribution in [2.75, 3.05) is 23.7 Å². The van der Waals surface area contributed by atoms with Crippen LogP contribution in [0.5, 0.6) is 0 Å². The van der Waals surface area contributed by atoms with Crippen molar-refractivity contribution in [1.29, 1.82) is 0 Å². The number of aromatic nitrogens is 2. The number of amides is 3. The minimum absolute atomic E-state index is 0.126. The van der Waals surface area contributed by atoms with Gasteiger partial charge in [-0.25, -0.2) is 18.4 Å². The summed E-state index contributed by atoms with van der Waals surface area (Å²) < 4.78 is 44.4. The average molecular weight is 740 g/mol. The Morgan fingerprint density at radius 2 is 1.76 bits per heavy atom. The highest BCUT2D eigenvalue weighted by Crippen LogP contribution is 2.39. The molecule has 0 unspecified atom stereocenters. The van der Waals surface area contributed by atoms with Crippen LogP contribution in [-0.4, -0.2) is 69.6 Å². The molecule has 6 rings (SSSR count). The van der Waals surface area contributed by atoms with Gasteiger partial charge in [-0.3, -0.25) is 4.79 Å². The number of likely N-dealkylation sites (tertiary alicyclic amines) is 1. The van der Waals surface area contributed by atoms with Gasteiger partial charge in [0.25, 0.3) is 11.8 Å². The number of alkyl carbamates (subject to hydrolysis) is 1. The first-order valence-electron chi connectivity index (χ1n) is 16.3. The fourth-order valence-electron chi connectivity index (χ4n) is 5.63. The molecule has 11 nitrogen and oxygen atoms in total. The molecule has 3 aromatic carbocycles. The number of benzene rings is 3. The normalized spacial score (nSPS) is 17.4. The van der Waals surface area contributed by atoms with Gasteiger partial charge in [0.1, 0.15) is 18.2 Å². The van der Waals surface area contributed by atoms with E-state index in [9.17, 15) is 23.2 Å². The average Bonchev–Trinajstić information content (AvgIpc) is 3.54. The topological polar surface area (TPSA) is 127 Å². The monoisotopic (exact) mass is 739 g/mol. The summed E-state index contributed by atoms with van der Waals surface area (Å²) in [7, 11) is 0. The van der Waals surface area contributed by atoms with Crippen LogP contribution in [0.15, 0.2) is 76.0 Å². The Balaban J connectivity index is 1.22. The number of thioether (sulfide) groups is 1. The maximum Gasteiger partial charge on any atom is 0.410 e. The lowest BCUT2D eigenvalue weighted by atomic mass is 10.1. The number of alkyl halides is 2. The predicted molar refractivity (Wildman–Crippen MR) is 188 cm³/mol. The summed E-state index contributed by atoms with van der Waals surface area (Å²) in [5, 5.41) is 11.8. The molecule has 1 aromatic heterocycles. The summed E-state index contributed by atoms with van der Waals surface area (Å²) >= 11 is 7.54. The van der Waals surface area contributed by atoms with Crippen LogP contribution in [0.25, 0.3) is 22.9 Å². The molecular formula is C36H36ClF2N5O6S. The Bertz CT molecular complexity index is 1920. The van der Waals surface area contributed by atoms with Crippen molar-refractivity contribution >= 4 is 47.1 Å². The summed E-state index contributed by atoms with van der Waals surface area (Å²) in [5.74, 6) is -2.56. The number of rotatable bonds is 7. The van der Waals surface area contributed by atoms with Crippen LogP contribution < -0.4 is 10.2 Å². The lowest BCUT2D eigenvalue weighted by Gasteiger charge is -2.31. The van der Waals surface area contributed by atoms with Crippen molar-refractivity contribution in [2.24, 2.45) is 0 Å². The first kappa shape index (κ1) is 36.1. The van der Waals surface area contributed by atoms with Crippen molar-refractivity contribution in [3.05, 3.63) is 82.9 Å². The van der Waals surface area contributed by atoms with Crippen molar-refractivity contribution in [3.63, 3.8) is 0 Å². The largest absolute Gasteiger partial charge is 0.445 e. The second kappa shape index (κ2) is 14.9. The quantitative estimate of drug-likeness (QED) is 0.201. The molecule has 51 heavy (non-hydrogen) atoms. The number of carbonyl (C=O) groups is 3. The zero-order valence-corrected chi connectivity index (χ0v) is 29.7. The molecule has 2 aliphatic heterocycles. The fourth-order valence-corrected chi connectivity index (χ4v) is 6.81. The fraction of sp³-hybridized carbons (Fsp3) is 0.361. The molecule has 0 bridgehead atoms. The number of piperidine rings is 1. The molecule has 0 saturated carbocycles. The van der Waals surface area contributed by atoms with Crippen molar-refractivity contribution in [3.8, 4) is 22.9 Å². The number of hydrogen-bond donors (Lipinski definition) is 1. The number of nitrogens with zero attached hydrogens (tertiary/aromatic N) is 4. The molecule has 3 amide bonds. The van der Waals surface area contributed by atoms with Gasteiger partial charge < -0.3 is 29.0 Å². The van der Waals surface area contributed by atoms with E-state index in [1.54, 1.807) is 68.1 Å². The number of carbonyl (C=O) groups excluding carboxylic acids is 3. The standard InChI is InChI=1S/C36H36ClF2N5O6S/c1-35(2,3)50-33(46)40-27-20-51-29-13-10-25(17-28(29)44(32(27)45)18-22-8-11-26(37)12-9-22)31-42-41-30(49-31)24-7-4-6-23(16-24)19-48-34(47)43-15-5-14-36(38,39)21-43/h4,6-13,16-17,27H,5,14-15,18-21H2,1-3H3,(H,40,46)/t27-/m0/s1. The molecule has 15 heteroatoms. The summed E-state index contributed by atoms with van der Waals surface area (Å²) in [5.41, 5.74) is 2.42. The van der Waals surface area contributed by atoms with Crippen LogP contribution in [0.4, 0.5) is 24.1 Å². The predicted octanol–water partition coefficient (Wildman–Crippen LogP) is 7.96. The summed E-state index contributed by atoms with van der Waals surface area (Å²) in [4.78, 5) is 42.6. The van der Waals surface area contributed by atoms with E-state index in [0.29, 0.717) is 27.4 Å². The van der Waals surface area contributed by atoms with Crippen LogP contribution >= 0.6 is 23.4 Å². The van der Waals surface area contributed by atoms with Gasteiger partial charge >= 0.3 is 12.2 Å². The van der Waals surface area contributed by atoms with Gasteiger partial charge in [-0.15, -0.1) is 22.0 Å². The van der Waals surface area contributed by atoms with Crippen LogP contribution in [-0.2, 0) is 27.4 Å². The molecule has 1 saturated heterocycles. The highest BCUT2D eigenvalue weighted by molar-refractivity contribution is 7.99. The van der Waals surface area contributed by atoms with Gasteiger partial charge in [-0.05, 0) is 80.8 Å². The lowest BCUT2D eigenvalue weighted by Crippen LogP contribution is -2.50. The minimum Gasteiger partial charge on any atom is -0.445 e. The second-order valence-corrected chi connectivity index (χ2v) is 14.8. The van der Waals surface area contributed by atoms with E-state index in [2.05, 4.69) is 15.5 Å². The van der Waals surface area contributed by atoms with Gasteiger partial charge in [-0.2, -0.15) is 0 Å². The van der Waals surface area contributed by atoms with Crippen LogP contribution in [0.3, 0.4) is 0 Å². The number of hydrogen-bond acceptors (Lipinski definition) is 9. The van der Waals surface area contributed by atoms with E-state index in [1.807, 2.05) is 24.3 Å². The molecule has 1 N–H and O–H groups in total. The third kappa shape index (κ3) is 9.16. The van der Waals surface area contributed by atoms with Crippen LogP contribution in [0.2, 0.25) is 5.02 Å². The van der Waals surface area contributed by atoms with E-state index in [-0.39, 0.29) is 56.0 Å². The molecule has 0 spiro atoms. The van der Waals surface area contributed by atoms with E-state index in [4.69, 9.17) is 25.5 Å². The maximum absolute atomic E-state index is 14.1. The molecular weight excluding hydrogens is 704 g/mol. The smallest absolute Gasteiger partial charge is 0.410 e. The zero-order valence-electron chi connectivity index (χ0n) is 28.2. The Hall–Kier alpha value is -4.69.